The SMILES string of the molecule is O=C(Nc1cccc(CSc2ccccn2)c1)c1ccc(N2CCCC2)c([N+](=O)[O-])c1. The van der Waals surface area contributed by atoms with Crippen molar-refractivity contribution in [2.75, 3.05) is 23.3 Å². The van der Waals surface area contributed by atoms with E-state index in [4.69, 9.17) is 0 Å². The number of nitro benzene ring substituents is 1. The Bertz CT molecular complexity index is 1090. The number of pyridine rings is 1. The summed E-state index contributed by atoms with van der Waals surface area (Å²) >= 11 is 1.61. The van der Waals surface area contributed by atoms with E-state index in [-0.39, 0.29) is 17.2 Å². The molecule has 1 amide bonds. The van der Waals surface area contributed by atoms with Gasteiger partial charge in [-0.05, 0) is 54.8 Å². The number of anilines is 2. The molecule has 0 atom stereocenters. The fraction of sp³-hybridized carbons (Fsp3) is 0.217. The molecule has 1 saturated heterocycles. The molecule has 0 bridgehead atoms. The second kappa shape index (κ2) is 9.61. The van der Waals surface area contributed by atoms with Crippen molar-refractivity contribution < 1.29 is 9.72 Å². The second-order valence-electron chi connectivity index (χ2n) is 7.27. The molecule has 4 rings (SSSR count). The highest BCUT2D eigenvalue weighted by molar-refractivity contribution is 7.98. The second-order valence-corrected chi connectivity index (χ2v) is 8.26. The van der Waals surface area contributed by atoms with E-state index in [2.05, 4.69) is 10.3 Å². The van der Waals surface area contributed by atoms with Gasteiger partial charge in [-0.1, -0.05) is 18.2 Å². The summed E-state index contributed by atoms with van der Waals surface area (Å²) in [4.78, 5) is 30.2. The number of aromatic nitrogens is 1. The third-order valence-corrected chi connectivity index (χ3v) is 6.11. The quantitative estimate of drug-likeness (QED) is 0.315. The van der Waals surface area contributed by atoms with Gasteiger partial charge in [-0.15, -0.1) is 11.8 Å². The summed E-state index contributed by atoms with van der Waals surface area (Å²) in [6, 6.07) is 18.0. The zero-order valence-corrected chi connectivity index (χ0v) is 17.7. The zero-order chi connectivity index (χ0) is 21.6. The number of carbonyl (C=O) groups is 1. The van der Waals surface area contributed by atoms with Crippen LogP contribution in [0.25, 0.3) is 0 Å². The number of carbonyl (C=O) groups excluding carboxylic acids is 1. The Morgan fingerprint density at radius 2 is 1.94 bits per heavy atom. The van der Waals surface area contributed by atoms with Crippen molar-refractivity contribution >= 4 is 34.7 Å². The maximum atomic E-state index is 12.7. The van der Waals surface area contributed by atoms with Crippen LogP contribution in [0.5, 0.6) is 0 Å². The van der Waals surface area contributed by atoms with Crippen LogP contribution in [-0.2, 0) is 5.75 Å². The van der Waals surface area contributed by atoms with E-state index in [0.717, 1.165) is 42.3 Å². The van der Waals surface area contributed by atoms with Crippen molar-refractivity contribution in [2.45, 2.75) is 23.6 Å². The van der Waals surface area contributed by atoms with Gasteiger partial charge in [-0.25, -0.2) is 4.98 Å². The summed E-state index contributed by atoms with van der Waals surface area (Å²) < 4.78 is 0. The summed E-state index contributed by atoms with van der Waals surface area (Å²) in [7, 11) is 0. The molecule has 0 unspecified atom stereocenters. The van der Waals surface area contributed by atoms with Gasteiger partial charge in [0.1, 0.15) is 5.69 Å². The highest BCUT2D eigenvalue weighted by Gasteiger charge is 2.23. The number of nitrogens with one attached hydrogen (secondary N) is 1. The molecule has 1 N–H and O–H groups in total. The number of nitro groups is 1. The summed E-state index contributed by atoms with van der Waals surface area (Å²) in [6.45, 7) is 1.60. The molecule has 7 nitrogen and oxygen atoms in total. The minimum atomic E-state index is -0.417. The van der Waals surface area contributed by atoms with Gasteiger partial charge in [0.15, 0.2) is 0 Å². The van der Waals surface area contributed by atoms with Gasteiger partial charge >= 0.3 is 0 Å². The lowest BCUT2D eigenvalue weighted by molar-refractivity contribution is -0.384. The van der Waals surface area contributed by atoms with Crippen LogP contribution in [0.15, 0.2) is 71.9 Å². The number of thioether (sulfide) groups is 1. The molecule has 158 valence electrons. The van der Waals surface area contributed by atoms with E-state index < -0.39 is 4.92 Å². The molecule has 0 saturated carbocycles. The average molecular weight is 435 g/mol. The fourth-order valence-corrected chi connectivity index (χ4v) is 4.37. The predicted octanol–water partition coefficient (Wildman–Crippen LogP) is 5.13. The van der Waals surface area contributed by atoms with Crippen molar-refractivity contribution in [3.05, 3.63) is 88.1 Å². The predicted molar refractivity (Wildman–Crippen MR) is 123 cm³/mol. The van der Waals surface area contributed by atoms with Crippen molar-refractivity contribution in [3.8, 4) is 0 Å². The molecule has 0 spiro atoms. The highest BCUT2D eigenvalue weighted by atomic mass is 32.2. The highest BCUT2D eigenvalue weighted by Crippen LogP contribution is 2.32. The van der Waals surface area contributed by atoms with E-state index in [9.17, 15) is 14.9 Å². The Labute approximate surface area is 184 Å². The summed E-state index contributed by atoms with van der Waals surface area (Å²) in [6.07, 6.45) is 3.80. The molecule has 8 heteroatoms. The van der Waals surface area contributed by atoms with Gasteiger partial charge in [-0.2, -0.15) is 0 Å². The molecule has 0 aliphatic carbocycles. The van der Waals surface area contributed by atoms with Gasteiger partial charge in [0, 0.05) is 42.4 Å². The third-order valence-electron chi connectivity index (χ3n) is 5.09. The largest absolute Gasteiger partial charge is 0.366 e. The van der Waals surface area contributed by atoms with Crippen LogP contribution >= 0.6 is 11.8 Å². The molecular formula is C23H22N4O3S. The van der Waals surface area contributed by atoms with Crippen LogP contribution in [0.3, 0.4) is 0 Å². The number of benzene rings is 2. The van der Waals surface area contributed by atoms with Crippen molar-refractivity contribution in [1.82, 2.24) is 4.98 Å². The number of amides is 1. The van der Waals surface area contributed by atoms with Crippen LogP contribution in [0.2, 0.25) is 0 Å². The van der Waals surface area contributed by atoms with Crippen molar-refractivity contribution in [1.29, 1.82) is 0 Å². The van der Waals surface area contributed by atoms with E-state index in [0.29, 0.717) is 11.4 Å². The topological polar surface area (TPSA) is 88.4 Å². The smallest absolute Gasteiger partial charge is 0.293 e. The zero-order valence-electron chi connectivity index (χ0n) is 16.9. The summed E-state index contributed by atoms with van der Waals surface area (Å²) in [5, 5.41) is 15.4. The lowest BCUT2D eigenvalue weighted by atomic mass is 10.1. The van der Waals surface area contributed by atoms with Crippen LogP contribution in [-0.4, -0.2) is 28.9 Å². The summed E-state index contributed by atoms with van der Waals surface area (Å²) in [5.41, 5.74) is 2.50. The molecule has 1 aliphatic rings. The van der Waals surface area contributed by atoms with Gasteiger partial charge < -0.3 is 10.2 Å². The van der Waals surface area contributed by atoms with Gasteiger partial charge in [0.05, 0.1) is 9.95 Å². The molecule has 2 heterocycles. The average Bonchev–Trinajstić information content (AvgIpc) is 3.33. The number of rotatable bonds is 7. The van der Waals surface area contributed by atoms with E-state index in [1.165, 1.54) is 6.07 Å². The number of nitrogens with zero attached hydrogens (tertiary/aromatic N) is 3. The first-order valence-electron chi connectivity index (χ1n) is 10.1. The van der Waals surface area contributed by atoms with Gasteiger partial charge in [0.25, 0.3) is 11.6 Å². The maximum Gasteiger partial charge on any atom is 0.293 e. The third kappa shape index (κ3) is 5.21. The molecule has 1 aliphatic heterocycles. The normalized spacial score (nSPS) is 13.2. The van der Waals surface area contributed by atoms with E-state index in [1.54, 1.807) is 36.2 Å². The first-order chi connectivity index (χ1) is 15.1. The maximum absolute atomic E-state index is 12.7. The van der Waals surface area contributed by atoms with E-state index in [1.807, 2.05) is 41.3 Å². The minimum absolute atomic E-state index is 0.0324. The van der Waals surface area contributed by atoms with Crippen LogP contribution in [0.1, 0.15) is 28.8 Å². The standard InChI is InChI=1S/C23H22N4O3S/c28-23(18-9-10-20(21(15-18)27(29)30)26-12-3-4-13-26)25-19-7-5-6-17(14-19)16-31-22-8-1-2-11-24-22/h1-2,5-11,14-15H,3-4,12-13,16H2,(H,25,28). The first-order valence-corrected chi connectivity index (χ1v) is 11.1. The monoisotopic (exact) mass is 434 g/mol. The molecule has 31 heavy (non-hydrogen) atoms. The minimum Gasteiger partial charge on any atom is -0.366 e. The fourth-order valence-electron chi connectivity index (χ4n) is 3.57. The molecular weight excluding hydrogens is 412 g/mol. The lowest BCUT2D eigenvalue weighted by Gasteiger charge is -2.17. The Hall–Kier alpha value is -3.39. The first kappa shape index (κ1) is 20.9. The van der Waals surface area contributed by atoms with Gasteiger partial charge in [-0.3, -0.25) is 14.9 Å². The Morgan fingerprint density at radius 1 is 1.10 bits per heavy atom. The lowest BCUT2D eigenvalue weighted by Crippen LogP contribution is -2.19. The van der Waals surface area contributed by atoms with Crippen LogP contribution in [0, 0.1) is 10.1 Å². The number of hydrogen-bond acceptors (Lipinski definition) is 6. The van der Waals surface area contributed by atoms with Crippen molar-refractivity contribution in [3.63, 3.8) is 0 Å². The Morgan fingerprint density at radius 3 is 2.68 bits per heavy atom. The van der Waals surface area contributed by atoms with Gasteiger partial charge in [0.2, 0.25) is 0 Å². The molecule has 1 aromatic heterocycles. The summed E-state index contributed by atoms with van der Waals surface area (Å²) in [5.74, 6) is 0.349. The molecule has 0 radical (unpaired) electrons. The van der Waals surface area contributed by atoms with E-state index >= 15 is 0 Å². The van der Waals surface area contributed by atoms with Crippen molar-refractivity contribution in [2.24, 2.45) is 0 Å². The Balaban J connectivity index is 1.46. The van der Waals surface area contributed by atoms with Crippen LogP contribution in [0.4, 0.5) is 17.1 Å². The molecule has 1 fully saturated rings. The van der Waals surface area contributed by atoms with Crippen LogP contribution < -0.4 is 10.2 Å². The molecule has 2 aromatic carbocycles. The molecule has 3 aromatic rings. The number of hydrogen-bond donors (Lipinski definition) is 1. The Kier molecular flexibility index (Phi) is 6.47.